The van der Waals surface area contributed by atoms with Gasteiger partial charge in [0, 0.05) is 20.6 Å². The van der Waals surface area contributed by atoms with Crippen LogP contribution < -0.4 is 5.32 Å². The molecule has 0 aliphatic rings. The predicted octanol–water partition coefficient (Wildman–Crippen LogP) is 5.39. The molecule has 0 saturated heterocycles. The maximum absolute atomic E-state index is 10.7. The molecule has 0 rings (SSSR count). The Morgan fingerprint density at radius 2 is 1.70 bits per heavy atom. The van der Waals surface area contributed by atoms with Gasteiger partial charge in [0.15, 0.2) is 0 Å². The summed E-state index contributed by atoms with van der Waals surface area (Å²) < 4.78 is 5.55. The zero-order valence-corrected chi connectivity index (χ0v) is 15.7. The van der Waals surface area contributed by atoms with Gasteiger partial charge in [-0.25, -0.2) is 0 Å². The van der Waals surface area contributed by atoms with Crippen molar-refractivity contribution >= 4 is 5.91 Å². The van der Waals surface area contributed by atoms with E-state index in [1.54, 1.807) is 6.92 Å². The molecule has 1 N–H and O–H groups in total. The second-order valence-corrected chi connectivity index (χ2v) is 6.45. The van der Waals surface area contributed by atoms with Crippen molar-refractivity contribution in [3.8, 4) is 0 Å². The Kier molecular flexibility index (Phi) is 16.9. The molecular formula is C20H39NO2. The fraction of sp³-hybridized carbons (Fsp3) is 0.850. The Balaban J connectivity index is 3.39. The number of hydrogen-bond donors (Lipinski definition) is 1. The zero-order valence-electron chi connectivity index (χ0n) is 15.7. The molecule has 0 aliphatic carbocycles. The molecule has 1 amide bonds. The zero-order chi connectivity index (χ0) is 17.2. The summed E-state index contributed by atoms with van der Waals surface area (Å²) in [7, 11) is 1.83. The Morgan fingerprint density at radius 3 is 2.39 bits per heavy atom. The molecule has 1 unspecified atom stereocenters. The van der Waals surface area contributed by atoms with Crippen molar-refractivity contribution in [2.75, 3.05) is 13.7 Å². The lowest BCUT2D eigenvalue weighted by molar-refractivity contribution is -0.118. The quantitative estimate of drug-likeness (QED) is 0.305. The highest BCUT2D eigenvalue weighted by atomic mass is 16.5. The molecule has 1 atom stereocenters. The maximum atomic E-state index is 10.7. The summed E-state index contributed by atoms with van der Waals surface area (Å²) in [6.07, 6.45) is 19.8. The van der Waals surface area contributed by atoms with Crippen molar-refractivity contribution in [1.82, 2.24) is 5.32 Å². The van der Waals surface area contributed by atoms with Gasteiger partial charge in [0.25, 0.3) is 0 Å². The first-order chi connectivity index (χ1) is 11.2. The summed E-state index contributed by atoms with van der Waals surface area (Å²) in [4.78, 5) is 10.7. The summed E-state index contributed by atoms with van der Waals surface area (Å²) in [6.45, 7) is 4.65. The molecule has 136 valence electrons. The second-order valence-electron chi connectivity index (χ2n) is 6.45. The van der Waals surface area contributed by atoms with Gasteiger partial charge >= 0.3 is 0 Å². The molecule has 0 radical (unpaired) electrons. The van der Waals surface area contributed by atoms with E-state index in [2.05, 4.69) is 24.4 Å². The van der Waals surface area contributed by atoms with Crippen molar-refractivity contribution in [1.29, 1.82) is 0 Å². The highest BCUT2D eigenvalue weighted by Gasteiger charge is 2.04. The Hall–Kier alpha value is -0.830. The fourth-order valence-electron chi connectivity index (χ4n) is 2.68. The fourth-order valence-corrected chi connectivity index (χ4v) is 2.68. The predicted molar refractivity (Wildman–Crippen MR) is 99.7 cm³/mol. The largest absolute Gasteiger partial charge is 0.381 e. The normalized spacial score (nSPS) is 12.7. The summed E-state index contributed by atoms with van der Waals surface area (Å²) in [6, 6.07) is 0. The lowest BCUT2D eigenvalue weighted by Gasteiger charge is -2.12. The monoisotopic (exact) mass is 325 g/mol. The number of nitrogens with one attached hydrogen (secondary N) is 1. The van der Waals surface area contributed by atoms with Crippen molar-refractivity contribution in [3.63, 3.8) is 0 Å². The minimum atomic E-state index is 0.0786. The third-order valence-corrected chi connectivity index (χ3v) is 4.20. The Morgan fingerprint density at radius 1 is 1.00 bits per heavy atom. The molecule has 3 heteroatoms. The Bertz CT molecular complexity index is 289. The van der Waals surface area contributed by atoms with Crippen molar-refractivity contribution in [3.05, 3.63) is 12.2 Å². The van der Waals surface area contributed by atoms with E-state index in [1.165, 1.54) is 64.2 Å². The van der Waals surface area contributed by atoms with Crippen molar-refractivity contribution < 1.29 is 9.53 Å². The van der Waals surface area contributed by atoms with E-state index in [4.69, 9.17) is 4.74 Å². The van der Waals surface area contributed by atoms with E-state index in [9.17, 15) is 4.79 Å². The lowest BCUT2D eigenvalue weighted by atomic mass is 10.1. The summed E-state index contributed by atoms with van der Waals surface area (Å²) in [5.74, 6) is 0.0786. The molecule has 0 aliphatic heterocycles. The van der Waals surface area contributed by atoms with Crippen LogP contribution in [0.1, 0.15) is 90.9 Å². The van der Waals surface area contributed by atoms with Crippen LogP contribution >= 0.6 is 0 Å². The number of rotatable bonds is 16. The van der Waals surface area contributed by atoms with Gasteiger partial charge in [0.05, 0.1) is 6.10 Å². The van der Waals surface area contributed by atoms with Gasteiger partial charge in [-0.1, -0.05) is 64.0 Å². The average molecular weight is 326 g/mol. The molecule has 0 spiro atoms. The molecule has 23 heavy (non-hydrogen) atoms. The smallest absolute Gasteiger partial charge is 0.216 e. The number of allylic oxidation sites excluding steroid dienone is 1. The van der Waals surface area contributed by atoms with Crippen LogP contribution in [-0.4, -0.2) is 25.7 Å². The van der Waals surface area contributed by atoms with Gasteiger partial charge in [0.1, 0.15) is 0 Å². The number of methoxy groups -OCH3 is 1. The van der Waals surface area contributed by atoms with E-state index in [0.717, 1.165) is 19.4 Å². The molecule has 0 heterocycles. The van der Waals surface area contributed by atoms with Crippen LogP contribution in [0.25, 0.3) is 0 Å². The Labute approximate surface area is 144 Å². The van der Waals surface area contributed by atoms with E-state index in [1.807, 2.05) is 7.11 Å². The van der Waals surface area contributed by atoms with Crippen LogP contribution in [0.5, 0.6) is 0 Å². The average Bonchev–Trinajstić information content (AvgIpc) is 2.54. The van der Waals surface area contributed by atoms with Crippen LogP contribution in [0.4, 0.5) is 0 Å². The van der Waals surface area contributed by atoms with Gasteiger partial charge in [-0.3, -0.25) is 4.79 Å². The molecular weight excluding hydrogens is 286 g/mol. The van der Waals surface area contributed by atoms with Crippen LogP contribution in [-0.2, 0) is 9.53 Å². The topological polar surface area (TPSA) is 38.3 Å². The molecule has 0 saturated carbocycles. The molecule has 3 nitrogen and oxygen atoms in total. The molecule has 0 bridgehead atoms. The third kappa shape index (κ3) is 17.4. The summed E-state index contributed by atoms with van der Waals surface area (Å²) >= 11 is 0. The second kappa shape index (κ2) is 17.5. The highest BCUT2D eigenvalue weighted by Crippen LogP contribution is 2.12. The SMILES string of the molecule is CCCCCCC(C/C=C\CCCCCCCNC(C)=O)OC. The first-order valence-corrected chi connectivity index (χ1v) is 9.63. The van der Waals surface area contributed by atoms with Crippen molar-refractivity contribution in [2.24, 2.45) is 0 Å². The van der Waals surface area contributed by atoms with Gasteiger partial charge in [-0.05, 0) is 32.1 Å². The van der Waals surface area contributed by atoms with Crippen LogP contribution in [0, 0.1) is 0 Å². The number of ether oxygens (including phenoxy) is 1. The molecule has 0 aromatic rings. The molecule has 0 fully saturated rings. The van der Waals surface area contributed by atoms with Gasteiger partial charge < -0.3 is 10.1 Å². The van der Waals surface area contributed by atoms with E-state index >= 15 is 0 Å². The van der Waals surface area contributed by atoms with Crippen molar-refractivity contribution in [2.45, 2.75) is 97.0 Å². The first-order valence-electron chi connectivity index (χ1n) is 9.63. The molecule has 0 aromatic carbocycles. The van der Waals surface area contributed by atoms with Crippen LogP contribution in [0.2, 0.25) is 0 Å². The molecule has 0 aromatic heterocycles. The number of unbranched alkanes of at least 4 members (excludes halogenated alkanes) is 8. The first kappa shape index (κ1) is 22.2. The van der Waals surface area contributed by atoms with Gasteiger partial charge in [-0.15, -0.1) is 0 Å². The van der Waals surface area contributed by atoms with Gasteiger partial charge in [-0.2, -0.15) is 0 Å². The van der Waals surface area contributed by atoms with E-state index in [-0.39, 0.29) is 5.91 Å². The van der Waals surface area contributed by atoms with Gasteiger partial charge in [0.2, 0.25) is 5.91 Å². The van der Waals surface area contributed by atoms with E-state index in [0.29, 0.717) is 6.10 Å². The minimum absolute atomic E-state index is 0.0786. The third-order valence-electron chi connectivity index (χ3n) is 4.20. The minimum Gasteiger partial charge on any atom is -0.381 e. The number of carbonyl (C=O) groups is 1. The summed E-state index contributed by atoms with van der Waals surface area (Å²) in [5.41, 5.74) is 0. The lowest BCUT2D eigenvalue weighted by Crippen LogP contribution is -2.20. The van der Waals surface area contributed by atoms with E-state index < -0.39 is 0 Å². The number of carbonyl (C=O) groups excluding carboxylic acids is 1. The highest BCUT2D eigenvalue weighted by molar-refractivity contribution is 5.72. The summed E-state index contributed by atoms with van der Waals surface area (Å²) in [5, 5.41) is 2.84. The van der Waals surface area contributed by atoms with Crippen LogP contribution in [0.3, 0.4) is 0 Å². The maximum Gasteiger partial charge on any atom is 0.216 e. The standard InChI is InChI=1S/C20H39NO2/c1-4-5-6-13-16-20(23-3)17-14-11-9-7-8-10-12-15-18-21-19(2)22/h11,14,20H,4-10,12-13,15-18H2,1-3H3,(H,21,22)/b14-11-. The van der Waals surface area contributed by atoms with Crippen LogP contribution in [0.15, 0.2) is 12.2 Å². The number of hydrogen-bond acceptors (Lipinski definition) is 2. The number of amides is 1.